The largest absolute Gasteiger partial charge is 0.507 e. The molecule has 0 fully saturated rings. The summed E-state index contributed by atoms with van der Waals surface area (Å²) in [6.45, 7) is 22.8. The van der Waals surface area contributed by atoms with Crippen molar-refractivity contribution >= 4 is 0 Å². The van der Waals surface area contributed by atoms with Crippen LogP contribution in [0.1, 0.15) is 129 Å². The molecule has 0 atom stereocenters. The molecule has 8 bridgehead atoms. The summed E-state index contributed by atoms with van der Waals surface area (Å²) in [6, 6.07) is 8.79. The van der Waals surface area contributed by atoms with Gasteiger partial charge in [0.1, 0.15) is 23.0 Å². The Kier molecular flexibility index (Phi) is 10.8. The highest BCUT2D eigenvalue weighted by molar-refractivity contribution is 5.62. The second-order valence-electron chi connectivity index (χ2n) is 14.3. The number of ether oxygens (including phenoxy) is 2. The van der Waals surface area contributed by atoms with Crippen molar-refractivity contribution in [3.8, 4) is 23.0 Å². The van der Waals surface area contributed by atoms with Crippen LogP contribution in [-0.4, -0.2) is 23.4 Å². The summed E-state index contributed by atoms with van der Waals surface area (Å²) >= 11 is 0. The van der Waals surface area contributed by atoms with E-state index in [0.717, 1.165) is 92.8 Å². The van der Waals surface area contributed by atoms with Gasteiger partial charge in [0, 0.05) is 47.9 Å². The Balaban J connectivity index is 1.86. The first kappa shape index (κ1) is 35.4. The van der Waals surface area contributed by atoms with Crippen molar-refractivity contribution in [3.63, 3.8) is 0 Å². The first-order chi connectivity index (χ1) is 22.9. The van der Waals surface area contributed by atoms with Crippen LogP contribution in [0.4, 0.5) is 0 Å². The molecule has 1 aliphatic rings. The smallest absolute Gasteiger partial charge is 0.126 e. The third-order valence-corrected chi connectivity index (χ3v) is 11.0. The van der Waals surface area contributed by atoms with E-state index < -0.39 is 0 Å². The molecule has 4 aromatic carbocycles. The van der Waals surface area contributed by atoms with Crippen molar-refractivity contribution in [2.75, 3.05) is 13.2 Å². The van der Waals surface area contributed by atoms with Crippen LogP contribution in [0.25, 0.3) is 0 Å². The standard InChI is InChI=1S/C44H56O4/c1-11-13-15-47-43-35-19-27(5)31(9)39(43)21-33-17-25(3)30(8)38(41(33)45)24-36-20-28(6)32(10)40(44(36)48-16-14-12-2)22-34-18-26(4)29(7)37(23-35)42(34)46/h17-20,45-46H,11-16,21-24H2,1-10H3. The van der Waals surface area contributed by atoms with Crippen LogP contribution in [-0.2, 0) is 25.7 Å². The van der Waals surface area contributed by atoms with Crippen molar-refractivity contribution in [2.45, 2.75) is 121 Å². The van der Waals surface area contributed by atoms with E-state index in [1.165, 1.54) is 33.4 Å². The van der Waals surface area contributed by atoms with Crippen LogP contribution >= 0.6 is 0 Å². The fourth-order valence-electron chi connectivity index (χ4n) is 7.32. The average molecular weight is 649 g/mol. The van der Waals surface area contributed by atoms with Crippen LogP contribution in [0.15, 0.2) is 24.3 Å². The van der Waals surface area contributed by atoms with Crippen LogP contribution in [0.5, 0.6) is 23.0 Å². The Labute approximate surface area is 289 Å². The predicted octanol–water partition coefficient (Wildman–Crippen LogP) is 10.6. The lowest BCUT2D eigenvalue weighted by Crippen LogP contribution is -2.11. The summed E-state index contributed by atoms with van der Waals surface area (Å²) in [6.07, 6.45) is 6.25. The average Bonchev–Trinajstić information content (AvgIpc) is 3.05. The Morgan fingerprint density at radius 3 is 1.08 bits per heavy atom. The van der Waals surface area contributed by atoms with E-state index in [0.29, 0.717) is 50.4 Å². The van der Waals surface area contributed by atoms with E-state index in [1.54, 1.807) is 0 Å². The minimum atomic E-state index is 0.362. The van der Waals surface area contributed by atoms with E-state index in [2.05, 4.69) is 93.5 Å². The molecule has 0 amide bonds. The van der Waals surface area contributed by atoms with Gasteiger partial charge in [0.25, 0.3) is 0 Å². The van der Waals surface area contributed by atoms with Gasteiger partial charge in [0.05, 0.1) is 13.2 Å². The van der Waals surface area contributed by atoms with E-state index >= 15 is 0 Å². The SMILES string of the molecule is CCCCOc1c2cc(C)c(C)c1Cc1cc(C)c(C)c(c1O)Cc1cc(C)c(C)c(c1OCCCC)Cc1cc(C)c(C)c(c1O)C2. The number of hydrogen-bond acceptors (Lipinski definition) is 4. The van der Waals surface area contributed by atoms with Gasteiger partial charge in [0.15, 0.2) is 0 Å². The molecule has 2 N–H and O–H groups in total. The first-order valence-corrected chi connectivity index (χ1v) is 18.0. The van der Waals surface area contributed by atoms with E-state index in [9.17, 15) is 10.2 Å². The Morgan fingerprint density at radius 1 is 0.458 bits per heavy atom. The number of benzene rings is 4. The molecule has 5 rings (SSSR count). The molecule has 4 nitrogen and oxygen atoms in total. The molecule has 0 spiro atoms. The van der Waals surface area contributed by atoms with Crippen molar-refractivity contribution in [3.05, 3.63) is 113 Å². The molecule has 0 radical (unpaired) electrons. The summed E-state index contributed by atoms with van der Waals surface area (Å²) in [4.78, 5) is 0. The molecule has 48 heavy (non-hydrogen) atoms. The first-order valence-electron chi connectivity index (χ1n) is 18.0. The molecule has 1 aliphatic carbocycles. The maximum atomic E-state index is 12.1. The lowest BCUT2D eigenvalue weighted by Gasteiger charge is -2.25. The maximum absolute atomic E-state index is 12.1. The number of phenolic OH excluding ortho intramolecular Hbond substituents is 2. The molecular formula is C44H56O4. The molecule has 0 saturated carbocycles. The summed E-state index contributed by atoms with van der Waals surface area (Å²) in [5.41, 5.74) is 17.4. The molecule has 0 unspecified atom stereocenters. The fourth-order valence-corrected chi connectivity index (χ4v) is 7.32. The molecule has 4 heteroatoms. The molecule has 0 aliphatic heterocycles. The fraction of sp³-hybridized carbons (Fsp3) is 0.455. The number of aryl methyl sites for hydroxylation is 4. The minimum absolute atomic E-state index is 0.362. The highest BCUT2D eigenvalue weighted by Crippen LogP contribution is 2.43. The zero-order valence-corrected chi connectivity index (χ0v) is 31.1. The Morgan fingerprint density at radius 2 is 0.750 bits per heavy atom. The monoisotopic (exact) mass is 648 g/mol. The zero-order valence-electron chi connectivity index (χ0n) is 31.1. The number of aromatic hydroxyl groups is 2. The summed E-state index contributed by atoms with van der Waals surface area (Å²) in [5.74, 6) is 2.51. The van der Waals surface area contributed by atoms with Crippen molar-refractivity contribution in [1.29, 1.82) is 0 Å². The predicted molar refractivity (Wildman–Crippen MR) is 199 cm³/mol. The summed E-state index contributed by atoms with van der Waals surface area (Å²) < 4.78 is 13.4. The number of hydrogen-bond donors (Lipinski definition) is 2. The van der Waals surface area contributed by atoms with Gasteiger partial charge < -0.3 is 19.7 Å². The van der Waals surface area contributed by atoms with Gasteiger partial charge in [0.2, 0.25) is 0 Å². The van der Waals surface area contributed by atoms with Crippen molar-refractivity contribution in [2.24, 2.45) is 0 Å². The van der Waals surface area contributed by atoms with E-state index in [-0.39, 0.29) is 0 Å². The van der Waals surface area contributed by atoms with Crippen LogP contribution in [0.2, 0.25) is 0 Å². The van der Waals surface area contributed by atoms with Crippen LogP contribution < -0.4 is 9.47 Å². The van der Waals surface area contributed by atoms with Gasteiger partial charge >= 0.3 is 0 Å². The molecule has 256 valence electrons. The normalized spacial score (nSPS) is 12.7. The zero-order chi connectivity index (χ0) is 34.9. The third-order valence-electron chi connectivity index (χ3n) is 11.0. The lowest BCUT2D eigenvalue weighted by molar-refractivity contribution is 0.303. The van der Waals surface area contributed by atoms with Crippen molar-refractivity contribution in [1.82, 2.24) is 0 Å². The maximum Gasteiger partial charge on any atom is 0.126 e. The highest BCUT2D eigenvalue weighted by atomic mass is 16.5. The van der Waals surface area contributed by atoms with Gasteiger partial charge in [-0.1, -0.05) is 51.0 Å². The quantitative estimate of drug-likeness (QED) is 0.164. The van der Waals surface area contributed by atoms with E-state index in [1.807, 2.05) is 0 Å². The highest BCUT2D eigenvalue weighted by Gasteiger charge is 2.26. The van der Waals surface area contributed by atoms with Gasteiger partial charge in [-0.3, -0.25) is 0 Å². The minimum Gasteiger partial charge on any atom is -0.507 e. The number of rotatable bonds is 8. The molecule has 0 aromatic heterocycles. The summed E-state index contributed by atoms with van der Waals surface area (Å²) in [7, 11) is 0. The molecule has 4 aromatic rings. The van der Waals surface area contributed by atoms with Gasteiger partial charge in [-0.15, -0.1) is 0 Å². The Bertz CT molecular complexity index is 1710. The van der Waals surface area contributed by atoms with Crippen LogP contribution in [0.3, 0.4) is 0 Å². The summed E-state index contributed by atoms with van der Waals surface area (Å²) in [5, 5.41) is 24.2. The molecule has 0 heterocycles. The topological polar surface area (TPSA) is 58.9 Å². The third kappa shape index (κ3) is 6.81. The molecule has 0 saturated heterocycles. The lowest BCUT2D eigenvalue weighted by atomic mass is 9.84. The number of unbranched alkanes of at least 4 members (excludes halogenated alkanes) is 2. The van der Waals surface area contributed by atoms with Gasteiger partial charge in [-0.05, 0) is 135 Å². The van der Waals surface area contributed by atoms with Gasteiger partial charge in [-0.2, -0.15) is 0 Å². The van der Waals surface area contributed by atoms with Gasteiger partial charge in [-0.25, -0.2) is 0 Å². The number of fused-ring (bicyclic) bond motifs is 8. The number of phenols is 2. The van der Waals surface area contributed by atoms with E-state index in [4.69, 9.17) is 9.47 Å². The second-order valence-corrected chi connectivity index (χ2v) is 14.3. The van der Waals surface area contributed by atoms with Crippen molar-refractivity contribution < 1.29 is 19.7 Å². The second kappa shape index (κ2) is 14.7. The molecular weight excluding hydrogens is 592 g/mol. The Hall–Kier alpha value is -3.92. The van der Waals surface area contributed by atoms with Crippen LogP contribution in [0, 0.1) is 55.4 Å².